The van der Waals surface area contributed by atoms with Crippen molar-refractivity contribution >= 4 is 17.2 Å². The van der Waals surface area contributed by atoms with Crippen molar-refractivity contribution < 1.29 is 4.79 Å². The number of likely N-dealkylation sites (tertiary alicyclic amines) is 1. The third kappa shape index (κ3) is 3.69. The summed E-state index contributed by atoms with van der Waals surface area (Å²) in [6.07, 6.45) is 2.42. The molecule has 24 heavy (non-hydrogen) atoms. The van der Waals surface area contributed by atoms with Crippen molar-refractivity contribution in [3.05, 3.63) is 52.0 Å². The molecule has 1 aromatic carbocycles. The Morgan fingerprint density at radius 1 is 1.29 bits per heavy atom. The fraction of sp³-hybridized carbons (Fsp3) is 0.500. The predicted octanol–water partition coefficient (Wildman–Crippen LogP) is 4.39. The van der Waals surface area contributed by atoms with E-state index in [2.05, 4.69) is 50.4 Å². The van der Waals surface area contributed by atoms with Gasteiger partial charge in [-0.25, -0.2) is 4.98 Å². The molecule has 1 unspecified atom stereocenters. The molecular formula is C20H26N2OS. The van der Waals surface area contributed by atoms with Gasteiger partial charge in [0.15, 0.2) is 0 Å². The molecule has 3 rings (SSSR count). The molecule has 0 radical (unpaired) electrons. The van der Waals surface area contributed by atoms with Gasteiger partial charge in [-0.05, 0) is 12.0 Å². The van der Waals surface area contributed by atoms with E-state index < -0.39 is 0 Å². The van der Waals surface area contributed by atoms with Crippen LogP contribution in [0.15, 0.2) is 35.7 Å². The molecule has 1 saturated heterocycles. The zero-order valence-electron chi connectivity index (χ0n) is 14.8. The normalized spacial score (nSPS) is 21.5. The second-order valence-corrected chi connectivity index (χ2v) is 8.21. The Morgan fingerprint density at radius 3 is 2.71 bits per heavy atom. The van der Waals surface area contributed by atoms with Crippen LogP contribution in [-0.2, 0) is 16.6 Å². The Hall–Kier alpha value is -1.68. The number of piperidine rings is 1. The van der Waals surface area contributed by atoms with Gasteiger partial charge in [0.2, 0.25) is 5.91 Å². The number of carbonyl (C=O) groups is 1. The number of rotatable bonds is 5. The van der Waals surface area contributed by atoms with Gasteiger partial charge in [0, 0.05) is 42.6 Å². The Kier molecular flexibility index (Phi) is 5.04. The summed E-state index contributed by atoms with van der Waals surface area (Å²) < 4.78 is 0. The van der Waals surface area contributed by atoms with Gasteiger partial charge < -0.3 is 4.90 Å². The fourth-order valence-corrected chi connectivity index (χ4v) is 4.23. The van der Waals surface area contributed by atoms with Gasteiger partial charge in [-0.3, -0.25) is 4.79 Å². The lowest BCUT2D eigenvalue weighted by Crippen LogP contribution is -2.48. The van der Waals surface area contributed by atoms with Crippen LogP contribution >= 0.6 is 11.3 Å². The van der Waals surface area contributed by atoms with Gasteiger partial charge in [0.1, 0.15) is 0 Å². The van der Waals surface area contributed by atoms with Gasteiger partial charge in [-0.2, -0.15) is 0 Å². The van der Waals surface area contributed by atoms with Crippen LogP contribution in [-0.4, -0.2) is 28.9 Å². The molecule has 1 aromatic heterocycles. The summed E-state index contributed by atoms with van der Waals surface area (Å²) in [6.45, 7) is 8.19. The molecule has 1 aliphatic heterocycles. The van der Waals surface area contributed by atoms with Gasteiger partial charge in [-0.15, -0.1) is 11.3 Å². The highest BCUT2D eigenvalue weighted by atomic mass is 32.1. The standard InChI is InChI=1S/C20H26N2OS/c1-15(2)19-21-17(13-24-19)10-12-22-14-20(3,11-9-18(22)23)16-7-5-4-6-8-16/h4-8,13,15H,9-12,14H2,1-3H3. The van der Waals surface area contributed by atoms with E-state index in [1.54, 1.807) is 11.3 Å². The summed E-state index contributed by atoms with van der Waals surface area (Å²) in [6, 6.07) is 10.6. The Bertz CT molecular complexity index is 695. The van der Waals surface area contributed by atoms with Crippen molar-refractivity contribution in [1.82, 2.24) is 9.88 Å². The van der Waals surface area contributed by atoms with E-state index in [4.69, 9.17) is 4.98 Å². The number of amides is 1. The van der Waals surface area contributed by atoms with E-state index in [0.29, 0.717) is 12.3 Å². The second kappa shape index (κ2) is 7.06. The van der Waals surface area contributed by atoms with Gasteiger partial charge >= 0.3 is 0 Å². The maximum absolute atomic E-state index is 12.4. The highest BCUT2D eigenvalue weighted by molar-refractivity contribution is 7.09. The number of hydrogen-bond donors (Lipinski definition) is 0. The molecule has 0 spiro atoms. The average molecular weight is 343 g/mol. The molecule has 1 aliphatic rings. The van der Waals surface area contributed by atoms with Gasteiger partial charge in [-0.1, -0.05) is 51.1 Å². The number of thiazole rings is 1. The second-order valence-electron chi connectivity index (χ2n) is 7.32. The number of benzene rings is 1. The molecule has 4 heteroatoms. The van der Waals surface area contributed by atoms with E-state index in [1.807, 2.05) is 11.0 Å². The third-order valence-electron chi connectivity index (χ3n) is 4.96. The highest BCUT2D eigenvalue weighted by Crippen LogP contribution is 2.34. The molecule has 0 aliphatic carbocycles. The van der Waals surface area contributed by atoms with Crippen molar-refractivity contribution in [3.8, 4) is 0 Å². The van der Waals surface area contributed by atoms with Crippen molar-refractivity contribution in [1.29, 1.82) is 0 Å². The molecule has 0 bridgehead atoms. The summed E-state index contributed by atoms with van der Waals surface area (Å²) in [5.74, 6) is 0.754. The summed E-state index contributed by atoms with van der Waals surface area (Å²) >= 11 is 1.73. The molecule has 1 amide bonds. The molecule has 128 valence electrons. The van der Waals surface area contributed by atoms with E-state index in [9.17, 15) is 4.79 Å². The van der Waals surface area contributed by atoms with E-state index in [-0.39, 0.29) is 11.3 Å². The molecule has 1 fully saturated rings. The maximum atomic E-state index is 12.4. The minimum atomic E-state index is 0.0559. The molecule has 1 atom stereocenters. The first-order valence-electron chi connectivity index (χ1n) is 8.75. The lowest BCUT2D eigenvalue weighted by molar-refractivity contribution is -0.135. The molecule has 2 aromatic rings. The number of carbonyl (C=O) groups excluding carboxylic acids is 1. The van der Waals surface area contributed by atoms with Crippen molar-refractivity contribution in [2.24, 2.45) is 0 Å². The number of aromatic nitrogens is 1. The summed E-state index contributed by atoms with van der Waals surface area (Å²) in [5.41, 5.74) is 2.50. The molecular weight excluding hydrogens is 316 g/mol. The first-order valence-corrected chi connectivity index (χ1v) is 9.63. The Morgan fingerprint density at radius 2 is 2.04 bits per heavy atom. The largest absolute Gasteiger partial charge is 0.341 e. The van der Waals surface area contributed by atoms with Crippen LogP contribution in [0.25, 0.3) is 0 Å². The van der Waals surface area contributed by atoms with Crippen molar-refractivity contribution in [2.75, 3.05) is 13.1 Å². The van der Waals surface area contributed by atoms with Crippen molar-refractivity contribution in [2.45, 2.75) is 51.4 Å². The lowest BCUT2D eigenvalue weighted by Gasteiger charge is -2.40. The van der Waals surface area contributed by atoms with Crippen LogP contribution < -0.4 is 0 Å². The minimum Gasteiger partial charge on any atom is -0.341 e. The van der Waals surface area contributed by atoms with Crippen molar-refractivity contribution in [3.63, 3.8) is 0 Å². The zero-order chi connectivity index (χ0) is 17.2. The minimum absolute atomic E-state index is 0.0559. The van der Waals surface area contributed by atoms with E-state index >= 15 is 0 Å². The van der Waals surface area contributed by atoms with Gasteiger partial charge in [0.05, 0.1) is 10.7 Å². The third-order valence-corrected chi connectivity index (χ3v) is 6.15. The van der Waals surface area contributed by atoms with Gasteiger partial charge in [0.25, 0.3) is 0 Å². The predicted molar refractivity (Wildman–Crippen MR) is 99.5 cm³/mol. The monoisotopic (exact) mass is 342 g/mol. The first kappa shape index (κ1) is 17.2. The molecule has 3 nitrogen and oxygen atoms in total. The smallest absolute Gasteiger partial charge is 0.222 e. The molecule has 2 heterocycles. The summed E-state index contributed by atoms with van der Waals surface area (Å²) in [5, 5.41) is 3.32. The Labute approximate surface area is 148 Å². The number of nitrogens with zero attached hydrogens (tertiary/aromatic N) is 2. The van der Waals surface area contributed by atoms with Crippen LogP contribution in [0.4, 0.5) is 0 Å². The molecule has 0 N–H and O–H groups in total. The SMILES string of the molecule is CC(C)c1nc(CCN2CC(C)(c3ccccc3)CCC2=O)cs1. The zero-order valence-corrected chi connectivity index (χ0v) is 15.6. The topological polar surface area (TPSA) is 33.2 Å². The highest BCUT2D eigenvalue weighted by Gasteiger charge is 2.35. The summed E-state index contributed by atoms with van der Waals surface area (Å²) in [7, 11) is 0. The van der Waals surface area contributed by atoms with E-state index in [0.717, 1.165) is 31.6 Å². The van der Waals surface area contributed by atoms with Crippen LogP contribution in [0.3, 0.4) is 0 Å². The molecule has 0 saturated carbocycles. The van der Waals surface area contributed by atoms with Crippen LogP contribution in [0.5, 0.6) is 0 Å². The fourth-order valence-electron chi connectivity index (χ4n) is 3.36. The quantitative estimate of drug-likeness (QED) is 0.807. The van der Waals surface area contributed by atoms with Crippen LogP contribution in [0, 0.1) is 0 Å². The van der Waals surface area contributed by atoms with Crippen LogP contribution in [0.2, 0.25) is 0 Å². The first-order chi connectivity index (χ1) is 11.5. The average Bonchev–Trinajstić information content (AvgIpc) is 3.06. The van der Waals surface area contributed by atoms with E-state index in [1.165, 1.54) is 10.6 Å². The summed E-state index contributed by atoms with van der Waals surface area (Å²) in [4.78, 5) is 19.1. The Balaban J connectivity index is 1.67. The van der Waals surface area contributed by atoms with Crippen LogP contribution in [0.1, 0.15) is 55.8 Å². The number of hydrogen-bond acceptors (Lipinski definition) is 3. The lowest BCUT2D eigenvalue weighted by atomic mass is 9.75. The maximum Gasteiger partial charge on any atom is 0.222 e.